The first-order chi connectivity index (χ1) is 13.9. The molecule has 8 heteroatoms. The number of para-hydroxylation sites is 2. The molecule has 0 bridgehead atoms. The predicted molar refractivity (Wildman–Crippen MR) is 117 cm³/mol. The van der Waals surface area contributed by atoms with Crippen LogP contribution >= 0.6 is 0 Å². The summed E-state index contributed by atoms with van der Waals surface area (Å²) in [6.07, 6.45) is 4.04. The third-order valence-electron chi connectivity index (χ3n) is 4.72. The number of guanidine groups is 1. The van der Waals surface area contributed by atoms with Crippen LogP contribution in [0.2, 0.25) is 0 Å². The van der Waals surface area contributed by atoms with Crippen molar-refractivity contribution in [1.82, 2.24) is 20.2 Å². The number of nitrogens with zero attached hydrogens (tertiary/aromatic N) is 3. The monoisotopic (exact) mass is 413 g/mol. The number of benzene rings is 2. The first kappa shape index (κ1) is 20.9. The van der Waals surface area contributed by atoms with Gasteiger partial charge in [-0.3, -0.25) is 4.99 Å². The third-order valence-corrected chi connectivity index (χ3v) is 5.97. The van der Waals surface area contributed by atoms with Gasteiger partial charge in [-0.1, -0.05) is 24.3 Å². The Morgan fingerprint density at radius 2 is 1.97 bits per heavy atom. The topological polar surface area (TPSA) is 88.4 Å². The molecule has 3 aromatic rings. The summed E-state index contributed by atoms with van der Waals surface area (Å²) in [5.74, 6) is 0.713. The molecule has 0 atom stereocenters. The normalized spacial score (nSPS) is 12.3. The van der Waals surface area contributed by atoms with Gasteiger partial charge in [-0.05, 0) is 42.7 Å². The molecule has 2 aromatic carbocycles. The number of rotatable bonds is 7. The second-order valence-electron chi connectivity index (χ2n) is 7.00. The van der Waals surface area contributed by atoms with E-state index in [4.69, 9.17) is 0 Å². The fourth-order valence-electron chi connectivity index (χ4n) is 3.29. The van der Waals surface area contributed by atoms with Gasteiger partial charge in [0.1, 0.15) is 0 Å². The number of hydrogen-bond donors (Lipinski definition) is 2. The molecule has 3 rings (SSSR count). The Morgan fingerprint density at radius 3 is 2.69 bits per heavy atom. The molecule has 0 radical (unpaired) electrons. The lowest BCUT2D eigenvalue weighted by Crippen LogP contribution is -2.37. The molecule has 0 unspecified atom stereocenters. The van der Waals surface area contributed by atoms with Crippen LogP contribution < -0.4 is 10.6 Å². The molecule has 0 amide bonds. The Kier molecular flexibility index (Phi) is 6.53. The molecular formula is C21H27N5O2S. The van der Waals surface area contributed by atoms with E-state index in [1.807, 2.05) is 43.6 Å². The van der Waals surface area contributed by atoms with E-state index in [1.54, 1.807) is 13.1 Å². The average molecular weight is 414 g/mol. The second-order valence-corrected chi connectivity index (χ2v) is 8.99. The van der Waals surface area contributed by atoms with Crippen LogP contribution in [-0.2, 0) is 22.9 Å². The Balaban J connectivity index is 1.48. The molecule has 1 heterocycles. The SMILES string of the molecule is CN=C(NCCCn1cnc2ccccc21)NCc1ccc(S(C)(=O)=O)c(C)c1. The van der Waals surface area contributed by atoms with Crippen LogP contribution in [0.3, 0.4) is 0 Å². The first-order valence-electron chi connectivity index (χ1n) is 9.52. The zero-order valence-corrected chi connectivity index (χ0v) is 17.8. The molecular weight excluding hydrogens is 386 g/mol. The Bertz CT molecular complexity index is 1120. The van der Waals surface area contributed by atoms with Crippen LogP contribution in [0.1, 0.15) is 17.5 Å². The summed E-state index contributed by atoms with van der Waals surface area (Å²) < 4.78 is 25.6. The fraction of sp³-hybridized carbons (Fsp3) is 0.333. The number of hydrogen-bond acceptors (Lipinski definition) is 4. The molecule has 0 spiro atoms. The van der Waals surface area contributed by atoms with Crippen LogP contribution in [0, 0.1) is 6.92 Å². The van der Waals surface area contributed by atoms with Crippen LogP contribution in [-0.4, -0.2) is 43.8 Å². The molecule has 0 aliphatic carbocycles. The highest BCUT2D eigenvalue weighted by atomic mass is 32.2. The summed E-state index contributed by atoms with van der Waals surface area (Å²) in [5, 5.41) is 6.57. The van der Waals surface area contributed by atoms with Crippen LogP contribution in [0.5, 0.6) is 0 Å². The summed E-state index contributed by atoms with van der Waals surface area (Å²) in [4.78, 5) is 9.03. The smallest absolute Gasteiger partial charge is 0.191 e. The van der Waals surface area contributed by atoms with E-state index in [-0.39, 0.29) is 0 Å². The van der Waals surface area contributed by atoms with E-state index in [0.29, 0.717) is 17.4 Å². The van der Waals surface area contributed by atoms with Crippen molar-refractivity contribution >= 4 is 26.8 Å². The van der Waals surface area contributed by atoms with Gasteiger partial charge < -0.3 is 15.2 Å². The molecule has 2 N–H and O–H groups in total. The number of nitrogens with one attached hydrogen (secondary N) is 2. The van der Waals surface area contributed by atoms with Crippen molar-refractivity contribution in [3.05, 3.63) is 59.9 Å². The first-order valence-corrected chi connectivity index (χ1v) is 11.4. The van der Waals surface area contributed by atoms with Gasteiger partial charge in [-0.25, -0.2) is 13.4 Å². The van der Waals surface area contributed by atoms with Crippen LogP contribution in [0.15, 0.2) is 58.7 Å². The average Bonchev–Trinajstić information content (AvgIpc) is 3.09. The molecule has 0 aliphatic rings. The number of sulfone groups is 1. The standard InChI is InChI=1S/C21H27N5O2S/c1-16-13-17(9-10-20(16)29(3,27)28)14-24-21(22-2)23-11-6-12-26-15-25-18-7-4-5-8-19(18)26/h4-5,7-10,13,15H,6,11-12,14H2,1-3H3,(H2,22,23,24). The van der Waals surface area contributed by atoms with Gasteiger partial charge in [-0.2, -0.15) is 0 Å². The Hall–Kier alpha value is -2.87. The summed E-state index contributed by atoms with van der Waals surface area (Å²) in [6, 6.07) is 13.5. The van der Waals surface area contributed by atoms with Crippen molar-refractivity contribution < 1.29 is 8.42 Å². The van der Waals surface area contributed by atoms with Crippen LogP contribution in [0.25, 0.3) is 11.0 Å². The minimum absolute atomic E-state index is 0.371. The zero-order valence-electron chi connectivity index (χ0n) is 17.0. The number of imidazole rings is 1. The summed E-state index contributed by atoms with van der Waals surface area (Å²) >= 11 is 0. The minimum Gasteiger partial charge on any atom is -0.356 e. The van der Waals surface area contributed by atoms with Crippen molar-refractivity contribution in [3.8, 4) is 0 Å². The van der Waals surface area contributed by atoms with Gasteiger partial charge >= 0.3 is 0 Å². The van der Waals surface area contributed by atoms with Gasteiger partial charge in [0, 0.05) is 32.9 Å². The van der Waals surface area contributed by atoms with E-state index in [0.717, 1.165) is 41.7 Å². The lowest BCUT2D eigenvalue weighted by Gasteiger charge is -2.13. The van der Waals surface area contributed by atoms with E-state index >= 15 is 0 Å². The number of fused-ring (bicyclic) bond motifs is 1. The molecule has 0 saturated carbocycles. The van der Waals surface area contributed by atoms with Crippen molar-refractivity contribution in [2.45, 2.75) is 31.3 Å². The maximum atomic E-state index is 11.7. The quantitative estimate of drug-likeness (QED) is 0.353. The number of aryl methyl sites for hydroxylation is 2. The molecule has 29 heavy (non-hydrogen) atoms. The van der Waals surface area contributed by atoms with Crippen molar-refractivity contribution in [1.29, 1.82) is 0 Å². The number of aliphatic imine (C=N–C) groups is 1. The lowest BCUT2D eigenvalue weighted by molar-refractivity contribution is 0.601. The highest BCUT2D eigenvalue weighted by Crippen LogP contribution is 2.16. The highest BCUT2D eigenvalue weighted by Gasteiger charge is 2.11. The number of aromatic nitrogens is 2. The molecule has 154 valence electrons. The van der Waals surface area contributed by atoms with Gasteiger partial charge in [0.25, 0.3) is 0 Å². The minimum atomic E-state index is -3.20. The summed E-state index contributed by atoms with van der Waals surface area (Å²) in [5.41, 5.74) is 3.91. The zero-order chi connectivity index (χ0) is 20.9. The van der Waals surface area contributed by atoms with Crippen molar-refractivity contribution in [3.63, 3.8) is 0 Å². The Morgan fingerprint density at radius 1 is 1.17 bits per heavy atom. The van der Waals surface area contributed by atoms with E-state index in [2.05, 4.69) is 31.2 Å². The van der Waals surface area contributed by atoms with E-state index in [9.17, 15) is 8.42 Å². The summed E-state index contributed by atoms with van der Waals surface area (Å²) in [6.45, 7) is 4.03. The van der Waals surface area contributed by atoms with E-state index < -0.39 is 9.84 Å². The fourth-order valence-corrected chi connectivity index (χ4v) is 4.25. The third kappa shape index (κ3) is 5.35. The second kappa shape index (κ2) is 9.09. The summed E-state index contributed by atoms with van der Waals surface area (Å²) in [7, 11) is -1.46. The maximum Gasteiger partial charge on any atom is 0.191 e. The van der Waals surface area contributed by atoms with Gasteiger partial charge in [0.2, 0.25) is 0 Å². The van der Waals surface area contributed by atoms with Crippen molar-refractivity contribution in [2.24, 2.45) is 4.99 Å². The van der Waals surface area contributed by atoms with E-state index in [1.165, 1.54) is 6.26 Å². The van der Waals surface area contributed by atoms with Gasteiger partial charge in [0.15, 0.2) is 15.8 Å². The maximum absolute atomic E-state index is 11.7. The van der Waals surface area contributed by atoms with Gasteiger partial charge in [-0.15, -0.1) is 0 Å². The molecule has 0 aliphatic heterocycles. The predicted octanol–water partition coefficient (Wildman–Crippen LogP) is 2.50. The highest BCUT2D eigenvalue weighted by molar-refractivity contribution is 7.90. The van der Waals surface area contributed by atoms with Gasteiger partial charge in [0.05, 0.1) is 22.3 Å². The Labute approximate surface area is 171 Å². The molecule has 0 saturated heterocycles. The molecule has 0 fully saturated rings. The van der Waals surface area contributed by atoms with Crippen LogP contribution in [0.4, 0.5) is 0 Å². The largest absolute Gasteiger partial charge is 0.356 e. The molecule has 7 nitrogen and oxygen atoms in total. The lowest BCUT2D eigenvalue weighted by atomic mass is 10.1. The molecule has 1 aromatic heterocycles. The van der Waals surface area contributed by atoms with Crippen molar-refractivity contribution in [2.75, 3.05) is 19.8 Å².